The smallest absolute Gasteiger partial charge is 0.292 e. The summed E-state index contributed by atoms with van der Waals surface area (Å²) in [4.78, 5) is 14.5. The van der Waals surface area contributed by atoms with E-state index >= 15 is 0 Å². The molecule has 0 fully saturated rings. The van der Waals surface area contributed by atoms with Crippen LogP contribution in [-0.2, 0) is 0 Å². The summed E-state index contributed by atoms with van der Waals surface area (Å²) in [6.07, 6.45) is 1.52. The van der Waals surface area contributed by atoms with Gasteiger partial charge in [0, 0.05) is 11.6 Å². The lowest BCUT2D eigenvalue weighted by atomic mass is 10.2. The third-order valence-electron chi connectivity index (χ3n) is 2.97. The summed E-state index contributed by atoms with van der Waals surface area (Å²) in [6, 6.07) is 6.07. The third-order valence-corrected chi connectivity index (χ3v) is 2.97. The first kappa shape index (κ1) is 12.9. The lowest BCUT2D eigenvalue weighted by Gasteiger charge is -1.98. The number of nitro groups is 1. The standard InChI is InChI=1S/C13H10N4O4/c1-7-4-5-20-11(7)12-15-13(21-16-12)8-2-3-9(14)10(6-8)17(18)19/h2-6H,14H2,1H3. The SMILES string of the molecule is Cc1ccoc1-c1noc(-c2ccc(N)c([N+](=O)[O-])c2)n1. The van der Waals surface area contributed by atoms with Crippen molar-refractivity contribution >= 4 is 11.4 Å². The first-order valence-corrected chi connectivity index (χ1v) is 5.98. The number of hydrogen-bond donors (Lipinski definition) is 1. The second-order valence-electron chi connectivity index (χ2n) is 4.39. The fourth-order valence-electron chi connectivity index (χ4n) is 1.87. The van der Waals surface area contributed by atoms with E-state index < -0.39 is 4.92 Å². The second kappa shape index (κ2) is 4.75. The summed E-state index contributed by atoms with van der Waals surface area (Å²) in [6.45, 7) is 1.85. The summed E-state index contributed by atoms with van der Waals surface area (Å²) < 4.78 is 10.4. The quantitative estimate of drug-likeness (QED) is 0.446. The molecule has 21 heavy (non-hydrogen) atoms. The Bertz CT molecular complexity index is 821. The van der Waals surface area contributed by atoms with Gasteiger partial charge in [-0.15, -0.1) is 0 Å². The van der Waals surface area contributed by atoms with Crippen molar-refractivity contribution < 1.29 is 13.9 Å². The zero-order chi connectivity index (χ0) is 15.0. The number of nitrogen functional groups attached to an aromatic ring is 1. The average molecular weight is 286 g/mol. The van der Waals surface area contributed by atoms with E-state index in [1.165, 1.54) is 18.4 Å². The zero-order valence-electron chi connectivity index (χ0n) is 10.9. The minimum Gasteiger partial charge on any atom is -0.461 e. The third kappa shape index (κ3) is 2.22. The van der Waals surface area contributed by atoms with Gasteiger partial charge in [0.1, 0.15) is 5.69 Å². The van der Waals surface area contributed by atoms with E-state index in [0.717, 1.165) is 5.56 Å². The zero-order valence-corrected chi connectivity index (χ0v) is 10.9. The highest BCUT2D eigenvalue weighted by atomic mass is 16.6. The van der Waals surface area contributed by atoms with Crippen molar-refractivity contribution in [2.45, 2.75) is 6.92 Å². The number of aryl methyl sites for hydroxylation is 1. The topological polar surface area (TPSA) is 121 Å². The van der Waals surface area contributed by atoms with E-state index in [4.69, 9.17) is 14.7 Å². The highest BCUT2D eigenvalue weighted by Crippen LogP contribution is 2.29. The largest absolute Gasteiger partial charge is 0.461 e. The fourth-order valence-corrected chi connectivity index (χ4v) is 1.87. The van der Waals surface area contributed by atoms with Crippen molar-refractivity contribution in [2.75, 3.05) is 5.73 Å². The minimum atomic E-state index is -0.563. The molecule has 0 bridgehead atoms. The van der Waals surface area contributed by atoms with Crippen molar-refractivity contribution in [3.05, 3.63) is 46.2 Å². The van der Waals surface area contributed by atoms with Crippen LogP contribution in [-0.4, -0.2) is 15.1 Å². The normalized spacial score (nSPS) is 10.7. The molecule has 0 aliphatic carbocycles. The lowest BCUT2D eigenvalue weighted by Crippen LogP contribution is -1.95. The maximum Gasteiger partial charge on any atom is 0.292 e. The predicted molar refractivity (Wildman–Crippen MR) is 73.2 cm³/mol. The van der Waals surface area contributed by atoms with E-state index in [-0.39, 0.29) is 23.1 Å². The molecule has 0 atom stereocenters. The molecule has 1 aromatic carbocycles. The lowest BCUT2D eigenvalue weighted by molar-refractivity contribution is -0.383. The van der Waals surface area contributed by atoms with Crippen LogP contribution in [0, 0.1) is 17.0 Å². The average Bonchev–Trinajstić information content (AvgIpc) is 3.07. The van der Waals surface area contributed by atoms with Gasteiger partial charge < -0.3 is 14.7 Å². The molecule has 8 heteroatoms. The molecule has 0 amide bonds. The van der Waals surface area contributed by atoms with Crippen LogP contribution in [0.3, 0.4) is 0 Å². The first-order valence-electron chi connectivity index (χ1n) is 5.98. The Balaban J connectivity index is 2.03. The van der Waals surface area contributed by atoms with E-state index in [1.807, 2.05) is 6.92 Å². The van der Waals surface area contributed by atoms with Gasteiger partial charge in [-0.05, 0) is 30.7 Å². The summed E-state index contributed by atoms with van der Waals surface area (Å²) >= 11 is 0. The Morgan fingerprint density at radius 2 is 2.14 bits per heavy atom. The van der Waals surface area contributed by atoms with Crippen molar-refractivity contribution in [2.24, 2.45) is 0 Å². The van der Waals surface area contributed by atoms with Crippen molar-refractivity contribution in [1.82, 2.24) is 10.1 Å². The molecular weight excluding hydrogens is 276 g/mol. The summed E-state index contributed by atoms with van der Waals surface area (Å²) in [7, 11) is 0. The van der Waals surface area contributed by atoms with Crippen LogP contribution in [0.15, 0.2) is 39.5 Å². The molecule has 0 unspecified atom stereocenters. The molecule has 2 N–H and O–H groups in total. The van der Waals surface area contributed by atoms with Gasteiger partial charge in [-0.2, -0.15) is 4.98 Å². The number of nitrogens with two attached hydrogens (primary N) is 1. The molecule has 106 valence electrons. The first-order chi connectivity index (χ1) is 10.1. The van der Waals surface area contributed by atoms with Crippen LogP contribution >= 0.6 is 0 Å². The highest BCUT2D eigenvalue weighted by Gasteiger charge is 2.18. The fraction of sp³-hybridized carbons (Fsp3) is 0.0769. The Hall–Kier alpha value is -3.16. The number of rotatable bonds is 3. The van der Waals surface area contributed by atoms with Crippen LogP contribution < -0.4 is 5.73 Å². The molecular formula is C13H10N4O4. The number of nitrogens with zero attached hydrogens (tertiary/aromatic N) is 3. The van der Waals surface area contributed by atoms with Crippen LogP contribution in [0.1, 0.15) is 5.56 Å². The molecule has 2 aromatic heterocycles. The Morgan fingerprint density at radius 1 is 1.33 bits per heavy atom. The molecule has 3 aromatic rings. The molecule has 0 saturated carbocycles. The monoisotopic (exact) mass is 286 g/mol. The molecule has 2 heterocycles. The number of aromatic nitrogens is 2. The van der Waals surface area contributed by atoms with Gasteiger partial charge in [0.05, 0.1) is 11.2 Å². The van der Waals surface area contributed by atoms with Gasteiger partial charge >= 0.3 is 0 Å². The molecule has 0 aliphatic heterocycles. The van der Waals surface area contributed by atoms with Gasteiger partial charge in [0.15, 0.2) is 5.76 Å². The van der Waals surface area contributed by atoms with E-state index in [0.29, 0.717) is 11.3 Å². The maximum atomic E-state index is 10.9. The Kier molecular flexibility index (Phi) is 2.90. The van der Waals surface area contributed by atoms with Crippen LogP contribution in [0.2, 0.25) is 0 Å². The molecule has 0 radical (unpaired) electrons. The summed E-state index contributed by atoms with van der Waals surface area (Å²) in [5, 5.41) is 14.7. The Labute approximate surface area is 118 Å². The molecule has 0 saturated heterocycles. The van der Waals surface area contributed by atoms with E-state index in [2.05, 4.69) is 10.1 Å². The Morgan fingerprint density at radius 3 is 2.81 bits per heavy atom. The number of furan rings is 1. The summed E-state index contributed by atoms with van der Waals surface area (Å²) in [5.41, 5.74) is 6.70. The van der Waals surface area contributed by atoms with Gasteiger partial charge in [0.25, 0.3) is 11.6 Å². The van der Waals surface area contributed by atoms with Crippen LogP contribution in [0.5, 0.6) is 0 Å². The van der Waals surface area contributed by atoms with Crippen molar-refractivity contribution in [3.8, 4) is 23.0 Å². The van der Waals surface area contributed by atoms with E-state index in [9.17, 15) is 10.1 Å². The second-order valence-corrected chi connectivity index (χ2v) is 4.39. The highest BCUT2D eigenvalue weighted by molar-refractivity contribution is 5.68. The molecule has 0 aliphatic rings. The number of hydrogen-bond acceptors (Lipinski definition) is 7. The van der Waals surface area contributed by atoms with E-state index in [1.54, 1.807) is 12.1 Å². The number of anilines is 1. The van der Waals surface area contributed by atoms with Gasteiger partial charge in [-0.25, -0.2) is 0 Å². The van der Waals surface area contributed by atoms with Gasteiger partial charge in [-0.1, -0.05) is 5.16 Å². The maximum absolute atomic E-state index is 10.9. The van der Waals surface area contributed by atoms with Crippen LogP contribution in [0.4, 0.5) is 11.4 Å². The predicted octanol–water partition coefficient (Wildman–Crippen LogP) is 2.80. The molecule has 0 spiro atoms. The van der Waals surface area contributed by atoms with Crippen molar-refractivity contribution in [3.63, 3.8) is 0 Å². The van der Waals surface area contributed by atoms with Gasteiger partial charge in [0.2, 0.25) is 5.82 Å². The molecule has 8 nitrogen and oxygen atoms in total. The number of nitro benzene ring substituents is 1. The minimum absolute atomic E-state index is 0.0744. The van der Waals surface area contributed by atoms with Crippen LogP contribution in [0.25, 0.3) is 23.0 Å². The van der Waals surface area contributed by atoms with Crippen molar-refractivity contribution in [1.29, 1.82) is 0 Å². The number of benzene rings is 1. The molecule has 3 rings (SSSR count). The summed E-state index contributed by atoms with van der Waals surface area (Å²) in [5.74, 6) is 0.936. The van der Waals surface area contributed by atoms with Gasteiger partial charge in [-0.3, -0.25) is 10.1 Å².